The Morgan fingerprint density at radius 3 is 2.61 bits per heavy atom. The lowest BCUT2D eigenvalue weighted by Crippen LogP contribution is -2.42. The number of ether oxygens (including phenoxy) is 2. The Labute approximate surface area is 206 Å². The maximum atomic E-state index is 12.8. The van der Waals surface area contributed by atoms with Crippen molar-refractivity contribution in [1.82, 2.24) is 4.90 Å². The maximum absolute atomic E-state index is 12.8. The Morgan fingerprint density at radius 2 is 1.94 bits per heavy atom. The number of benzene rings is 2. The summed E-state index contributed by atoms with van der Waals surface area (Å²) in [6.07, 6.45) is 1.61. The standard InChI is InChI=1S/C22H19BrINO5S/c1-3-29-21(27)13(2)25-20(26)19(31-22(25)28)11-15-10-16(23)6-9-18(15)30-12-14-4-7-17(24)8-5-14/h4-11,13H,3,12H2,1-2H3/b19-11+/t13-/m1/s1. The highest BCUT2D eigenvalue weighted by molar-refractivity contribution is 14.1. The van der Waals surface area contributed by atoms with Gasteiger partial charge in [-0.25, -0.2) is 4.79 Å². The van der Waals surface area contributed by atoms with Gasteiger partial charge in [-0.3, -0.25) is 14.5 Å². The monoisotopic (exact) mass is 615 g/mol. The molecule has 0 unspecified atom stereocenters. The highest BCUT2D eigenvalue weighted by Gasteiger charge is 2.41. The van der Waals surface area contributed by atoms with Gasteiger partial charge in [0.05, 0.1) is 11.5 Å². The molecular formula is C22H19BrINO5S. The maximum Gasteiger partial charge on any atom is 0.329 e. The third kappa shape index (κ3) is 5.89. The Balaban J connectivity index is 1.83. The topological polar surface area (TPSA) is 72.9 Å². The van der Waals surface area contributed by atoms with E-state index in [9.17, 15) is 14.4 Å². The number of amides is 2. The Hall–Kier alpha value is -1.85. The summed E-state index contributed by atoms with van der Waals surface area (Å²) in [6.45, 7) is 3.69. The third-order valence-corrected chi connectivity index (χ3v) is 6.50. The molecule has 31 heavy (non-hydrogen) atoms. The fraction of sp³-hybridized carbons (Fsp3) is 0.227. The number of nitrogens with zero attached hydrogens (tertiary/aromatic N) is 1. The Bertz CT molecular complexity index is 1040. The van der Waals surface area contributed by atoms with E-state index in [0.717, 1.165) is 30.3 Å². The van der Waals surface area contributed by atoms with Gasteiger partial charge in [0.15, 0.2) is 0 Å². The Morgan fingerprint density at radius 1 is 1.23 bits per heavy atom. The van der Waals surface area contributed by atoms with Crippen LogP contribution in [0.4, 0.5) is 4.79 Å². The van der Waals surface area contributed by atoms with Crippen molar-refractivity contribution < 1.29 is 23.9 Å². The van der Waals surface area contributed by atoms with Gasteiger partial charge in [-0.05, 0) is 90.2 Å². The molecule has 0 bridgehead atoms. The zero-order valence-corrected chi connectivity index (χ0v) is 21.3. The van der Waals surface area contributed by atoms with Gasteiger partial charge in [-0.1, -0.05) is 28.1 Å². The predicted octanol–water partition coefficient (Wildman–Crippen LogP) is 5.62. The van der Waals surface area contributed by atoms with Crippen molar-refractivity contribution in [2.24, 2.45) is 0 Å². The molecular weight excluding hydrogens is 597 g/mol. The summed E-state index contributed by atoms with van der Waals surface area (Å²) in [5.41, 5.74) is 1.66. The largest absolute Gasteiger partial charge is 0.488 e. The van der Waals surface area contributed by atoms with Crippen molar-refractivity contribution in [2.45, 2.75) is 26.5 Å². The third-order valence-electron chi connectivity index (χ3n) is 4.40. The highest BCUT2D eigenvalue weighted by atomic mass is 127. The van der Waals surface area contributed by atoms with Crippen LogP contribution in [0.5, 0.6) is 5.75 Å². The molecule has 6 nitrogen and oxygen atoms in total. The molecule has 9 heteroatoms. The molecule has 0 N–H and O–H groups in total. The second-order valence-corrected chi connectivity index (χ2v) is 9.73. The van der Waals surface area contributed by atoms with E-state index >= 15 is 0 Å². The van der Waals surface area contributed by atoms with Crippen molar-refractivity contribution in [3.63, 3.8) is 0 Å². The van der Waals surface area contributed by atoms with Crippen LogP contribution in [0, 0.1) is 3.57 Å². The molecule has 1 fully saturated rings. The molecule has 1 aliphatic rings. The number of thioether (sulfide) groups is 1. The molecule has 2 aromatic carbocycles. The van der Waals surface area contributed by atoms with Gasteiger partial charge in [0.2, 0.25) is 0 Å². The first kappa shape index (κ1) is 23.8. The van der Waals surface area contributed by atoms with Crippen LogP contribution in [-0.2, 0) is 20.9 Å². The van der Waals surface area contributed by atoms with Crippen LogP contribution >= 0.6 is 50.3 Å². The number of esters is 1. The Kier molecular flexibility index (Phi) is 8.17. The summed E-state index contributed by atoms with van der Waals surface area (Å²) < 4.78 is 12.9. The first-order chi connectivity index (χ1) is 14.8. The van der Waals surface area contributed by atoms with Crippen molar-refractivity contribution in [3.05, 3.63) is 66.5 Å². The first-order valence-corrected chi connectivity index (χ1v) is 12.1. The van der Waals surface area contributed by atoms with Crippen molar-refractivity contribution >= 4 is 73.5 Å². The summed E-state index contributed by atoms with van der Waals surface area (Å²) in [7, 11) is 0. The molecule has 0 saturated carbocycles. The summed E-state index contributed by atoms with van der Waals surface area (Å²) >= 11 is 6.46. The van der Waals surface area contributed by atoms with Crippen LogP contribution in [0.15, 0.2) is 51.8 Å². The number of rotatable bonds is 7. The molecule has 2 aromatic rings. The molecule has 0 spiro atoms. The van der Waals surface area contributed by atoms with Crippen LogP contribution in [-0.4, -0.2) is 34.7 Å². The van der Waals surface area contributed by atoms with E-state index in [0.29, 0.717) is 17.9 Å². The molecule has 2 amide bonds. The number of halogens is 2. The minimum atomic E-state index is -0.988. The van der Waals surface area contributed by atoms with Crippen molar-refractivity contribution in [2.75, 3.05) is 6.61 Å². The fourth-order valence-electron chi connectivity index (χ4n) is 2.83. The quantitative estimate of drug-likeness (QED) is 0.229. The smallest absolute Gasteiger partial charge is 0.329 e. The van der Waals surface area contributed by atoms with Crippen LogP contribution in [0.1, 0.15) is 25.0 Å². The lowest BCUT2D eigenvalue weighted by atomic mass is 10.1. The van der Waals surface area contributed by atoms with E-state index in [-0.39, 0.29) is 11.5 Å². The number of carbonyl (C=O) groups is 3. The van der Waals surface area contributed by atoms with Gasteiger partial charge < -0.3 is 9.47 Å². The lowest BCUT2D eigenvalue weighted by molar-refractivity contribution is -0.150. The highest BCUT2D eigenvalue weighted by Crippen LogP contribution is 2.36. The van der Waals surface area contributed by atoms with E-state index in [1.54, 1.807) is 19.1 Å². The lowest BCUT2D eigenvalue weighted by Gasteiger charge is -2.19. The average molecular weight is 616 g/mol. The van der Waals surface area contributed by atoms with E-state index < -0.39 is 23.2 Å². The van der Waals surface area contributed by atoms with Crippen LogP contribution in [0.25, 0.3) is 6.08 Å². The zero-order chi connectivity index (χ0) is 22.5. The summed E-state index contributed by atoms with van der Waals surface area (Å²) in [5.74, 6) is -0.568. The van der Waals surface area contributed by atoms with Crippen LogP contribution in [0.2, 0.25) is 0 Å². The molecule has 1 saturated heterocycles. The van der Waals surface area contributed by atoms with Gasteiger partial charge in [-0.2, -0.15) is 0 Å². The summed E-state index contributed by atoms with van der Waals surface area (Å²) in [4.78, 5) is 38.4. The summed E-state index contributed by atoms with van der Waals surface area (Å²) in [6, 6.07) is 12.4. The number of carbonyl (C=O) groups excluding carboxylic acids is 3. The molecule has 0 aromatic heterocycles. The van der Waals surface area contributed by atoms with Crippen LogP contribution in [0.3, 0.4) is 0 Å². The van der Waals surface area contributed by atoms with Crippen molar-refractivity contribution in [1.29, 1.82) is 0 Å². The molecule has 1 aliphatic heterocycles. The second-order valence-electron chi connectivity index (χ2n) is 6.58. The predicted molar refractivity (Wildman–Crippen MR) is 132 cm³/mol. The minimum absolute atomic E-state index is 0.175. The van der Waals surface area contributed by atoms with Gasteiger partial charge in [-0.15, -0.1) is 0 Å². The van der Waals surface area contributed by atoms with E-state index in [2.05, 4.69) is 38.5 Å². The fourth-order valence-corrected chi connectivity index (χ4v) is 4.47. The number of hydrogen-bond acceptors (Lipinski definition) is 6. The molecule has 3 rings (SSSR count). The second kappa shape index (κ2) is 10.6. The normalized spacial score (nSPS) is 16.0. The van der Waals surface area contributed by atoms with Crippen LogP contribution < -0.4 is 4.74 Å². The number of hydrogen-bond donors (Lipinski definition) is 0. The minimum Gasteiger partial charge on any atom is -0.488 e. The number of imide groups is 1. The SMILES string of the molecule is CCOC(=O)[C@@H](C)N1C(=O)S/C(=C/c2cc(Br)ccc2OCc2ccc(I)cc2)C1=O. The van der Waals surface area contributed by atoms with Gasteiger partial charge in [0.1, 0.15) is 18.4 Å². The molecule has 0 radical (unpaired) electrons. The van der Waals surface area contributed by atoms with Gasteiger partial charge >= 0.3 is 5.97 Å². The van der Waals surface area contributed by atoms with E-state index in [4.69, 9.17) is 9.47 Å². The summed E-state index contributed by atoms with van der Waals surface area (Å²) in [5, 5.41) is -0.506. The average Bonchev–Trinajstić information content (AvgIpc) is 3.01. The molecule has 162 valence electrons. The van der Waals surface area contributed by atoms with E-state index in [1.807, 2.05) is 36.4 Å². The molecule has 0 aliphatic carbocycles. The zero-order valence-electron chi connectivity index (χ0n) is 16.8. The first-order valence-electron chi connectivity index (χ1n) is 9.40. The van der Waals surface area contributed by atoms with E-state index in [1.165, 1.54) is 6.92 Å². The van der Waals surface area contributed by atoms with Gasteiger partial charge in [0, 0.05) is 13.6 Å². The van der Waals surface area contributed by atoms with Crippen molar-refractivity contribution in [3.8, 4) is 5.75 Å². The molecule has 1 atom stereocenters. The van der Waals surface area contributed by atoms with Gasteiger partial charge in [0.25, 0.3) is 11.1 Å². The molecule has 1 heterocycles.